The summed E-state index contributed by atoms with van der Waals surface area (Å²) < 4.78 is 5.50. The predicted octanol–water partition coefficient (Wildman–Crippen LogP) is 3.73. The maximum absolute atomic E-state index is 12.1. The van der Waals surface area contributed by atoms with E-state index in [2.05, 4.69) is 30.4 Å². The first kappa shape index (κ1) is 15.0. The van der Waals surface area contributed by atoms with Gasteiger partial charge in [0.1, 0.15) is 5.75 Å². The fourth-order valence-electron chi connectivity index (χ4n) is 2.57. The SMILES string of the molecule is Cc1ccc2c(c1)C(NC(=O)COc1ccccc1)CCS2. The van der Waals surface area contributed by atoms with Crippen LogP contribution in [0.2, 0.25) is 0 Å². The molecule has 0 bridgehead atoms. The molecule has 4 heteroatoms. The smallest absolute Gasteiger partial charge is 0.258 e. The van der Waals surface area contributed by atoms with Crippen molar-refractivity contribution >= 4 is 17.7 Å². The van der Waals surface area contributed by atoms with Gasteiger partial charge >= 0.3 is 0 Å². The summed E-state index contributed by atoms with van der Waals surface area (Å²) >= 11 is 1.86. The van der Waals surface area contributed by atoms with Gasteiger partial charge in [0.2, 0.25) is 0 Å². The topological polar surface area (TPSA) is 38.3 Å². The van der Waals surface area contributed by atoms with E-state index in [-0.39, 0.29) is 18.6 Å². The third-order valence-corrected chi connectivity index (χ3v) is 4.78. The van der Waals surface area contributed by atoms with Gasteiger partial charge in [-0.2, -0.15) is 0 Å². The molecule has 1 aliphatic heterocycles. The number of para-hydroxylation sites is 1. The molecule has 22 heavy (non-hydrogen) atoms. The second-order valence-electron chi connectivity index (χ2n) is 5.40. The summed E-state index contributed by atoms with van der Waals surface area (Å²) in [7, 11) is 0. The van der Waals surface area contributed by atoms with E-state index in [0.717, 1.165) is 12.2 Å². The summed E-state index contributed by atoms with van der Waals surface area (Å²) in [6.45, 7) is 2.13. The van der Waals surface area contributed by atoms with Crippen molar-refractivity contribution < 1.29 is 9.53 Å². The van der Waals surface area contributed by atoms with E-state index in [1.807, 2.05) is 42.1 Å². The molecule has 0 fully saturated rings. The number of amides is 1. The molecule has 0 saturated heterocycles. The molecule has 0 aliphatic carbocycles. The summed E-state index contributed by atoms with van der Waals surface area (Å²) in [5.41, 5.74) is 2.45. The zero-order chi connectivity index (χ0) is 15.4. The Balaban J connectivity index is 1.62. The van der Waals surface area contributed by atoms with E-state index in [0.29, 0.717) is 5.75 Å². The first-order chi connectivity index (χ1) is 10.7. The fourth-order valence-corrected chi connectivity index (χ4v) is 3.67. The monoisotopic (exact) mass is 313 g/mol. The third-order valence-electron chi connectivity index (χ3n) is 3.65. The largest absolute Gasteiger partial charge is 0.484 e. The molecule has 1 unspecified atom stereocenters. The van der Waals surface area contributed by atoms with Gasteiger partial charge in [-0.05, 0) is 37.1 Å². The molecule has 1 heterocycles. The van der Waals surface area contributed by atoms with Gasteiger partial charge in [0.05, 0.1) is 6.04 Å². The third kappa shape index (κ3) is 3.63. The fraction of sp³-hybridized carbons (Fsp3) is 0.278. The van der Waals surface area contributed by atoms with Gasteiger partial charge in [0.15, 0.2) is 6.61 Å². The Hall–Kier alpha value is -1.94. The summed E-state index contributed by atoms with van der Waals surface area (Å²) in [4.78, 5) is 13.4. The lowest BCUT2D eigenvalue weighted by Crippen LogP contribution is -2.34. The Morgan fingerprint density at radius 3 is 2.91 bits per heavy atom. The van der Waals surface area contributed by atoms with E-state index >= 15 is 0 Å². The van der Waals surface area contributed by atoms with E-state index in [4.69, 9.17) is 4.74 Å². The molecule has 0 spiro atoms. The van der Waals surface area contributed by atoms with Crippen molar-refractivity contribution in [2.24, 2.45) is 0 Å². The van der Waals surface area contributed by atoms with Crippen LogP contribution in [0.3, 0.4) is 0 Å². The van der Waals surface area contributed by atoms with Crippen molar-refractivity contribution in [1.29, 1.82) is 0 Å². The number of benzene rings is 2. The van der Waals surface area contributed by atoms with Gasteiger partial charge in [0, 0.05) is 10.6 Å². The minimum Gasteiger partial charge on any atom is -0.484 e. The molecule has 0 radical (unpaired) electrons. The molecule has 1 N–H and O–H groups in total. The molecule has 1 atom stereocenters. The van der Waals surface area contributed by atoms with Crippen molar-refractivity contribution in [3.63, 3.8) is 0 Å². The number of hydrogen-bond acceptors (Lipinski definition) is 3. The lowest BCUT2D eigenvalue weighted by Gasteiger charge is -2.26. The van der Waals surface area contributed by atoms with Crippen LogP contribution in [0.5, 0.6) is 5.75 Å². The maximum atomic E-state index is 12.1. The number of fused-ring (bicyclic) bond motifs is 1. The van der Waals surface area contributed by atoms with Gasteiger partial charge in [-0.15, -0.1) is 11.8 Å². The Kier molecular flexibility index (Phi) is 4.68. The quantitative estimate of drug-likeness (QED) is 0.935. The maximum Gasteiger partial charge on any atom is 0.258 e. The predicted molar refractivity (Wildman–Crippen MR) is 89.3 cm³/mol. The Morgan fingerprint density at radius 2 is 2.09 bits per heavy atom. The van der Waals surface area contributed by atoms with E-state index < -0.39 is 0 Å². The highest BCUT2D eigenvalue weighted by Crippen LogP contribution is 2.36. The van der Waals surface area contributed by atoms with Gasteiger partial charge in [-0.3, -0.25) is 4.79 Å². The Labute approximate surface area is 135 Å². The second kappa shape index (κ2) is 6.88. The molecule has 3 nitrogen and oxygen atoms in total. The van der Waals surface area contributed by atoms with Crippen LogP contribution in [0.15, 0.2) is 53.4 Å². The highest BCUT2D eigenvalue weighted by Gasteiger charge is 2.22. The molecule has 3 rings (SSSR count). The van der Waals surface area contributed by atoms with E-state index in [1.54, 1.807) is 0 Å². The lowest BCUT2D eigenvalue weighted by molar-refractivity contribution is -0.123. The highest BCUT2D eigenvalue weighted by atomic mass is 32.2. The van der Waals surface area contributed by atoms with Gasteiger partial charge in [0.25, 0.3) is 5.91 Å². The minimum atomic E-state index is -0.0757. The molecular weight excluding hydrogens is 294 g/mol. The van der Waals surface area contributed by atoms with E-state index in [1.165, 1.54) is 16.0 Å². The number of hydrogen-bond donors (Lipinski definition) is 1. The zero-order valence-corrected chi connectivity index (χ0v) is 13.4. The summed E-state index contributed by atoms with van der Waals surface area (Å²) in [6.07, 6.45) is 0.957. The van der Waals surface area contributed by atoms with Crippen LogP contribution in [0.4, 0.5) is 0 Å². The normalized spacial score (nSPS) is 16.7. The number of rotatable bonds is 4. The highest BCUT2D eigenvalue weighted by molar-refractivity contribution is 7.99. The minimum absolute atomic E-state index is 0.0504. The first-order valence-corrected chi connectivity index (χ1v) is 8.41. The molecule has 2 aromatic rings. The molecule has 114 valence electrons. The average molecular weight is 313 g/mol. The summed E-state index contributed by atoms with van der Waals surface area (Å²) in [5, 5.41) is 3.10. The first-order valence-electron chi connectivity index (χ1n) is 7.43. The van der Waals surface area contributed by atoms with Gasteiger partial charge < -0.3 is 10.1 Å². The van der Waals surface area contributed by atoms with Gasteiger partial charge in [-0.1, -0.05) is 35.9 Å². The van der Waals surface area contributed by atoms with Gasteiger partial charge in [-0.25, -0.2) is 0 Å². The average Bonchev–Trinajstić information content (AvgIpc) is 2.54. The van der Waals surface area contributed by atoms with Crippen LogP contribution in [0.1, 0.15) is 23.6 Å². The Morgan fingerprint density at radius 1 is 1.27 bits per heavy atom. The van der Waals surface area contributed by atoms with E-state index in [9.17, 15) is 4.79 Å². The zero-order valence-electron chi connectivity index (χ0n) is 12.5. The standard InChI is InChI=1S/C18H19NO2S/c1-13-7-8-17-15(11-13)16(9-10-22-17)19-18(20)12-21-14-5-3-2-4-6-14/h2-8,11,16H,9-10,12H2,1H3,(H,19,20). The van der Waals surface area contributed by atoms with Crippen molar-refractivity contribution in [2.75, 3.05) is 12.4 Å². The molecule has 1 amide bonds. The van der Waals surface area contributed by atoms with Crippen LogP contribution < -0.4 is 10.1 Å². The van der Waals surface area contributed by atoms with Crippen LogP contribution in [-0.2, 0) is 4.79 Å². The number of carbonyl (C=O) groups excluding carboxylic acids is 1. The van der Waals surface area contributed by atoms with Crippen LogP contribution in [0, 0.1) is 6.92 Å². The van der Waals surface area contributed by atoms with Crippen molar-refractivity contribution in [3.05, 3.63) is 59.7 Å². The molecule has 0 saturated carbocycles. The number of carbonyl (C=O) groups is 1. The number of nitrogens with one attached hydrogen (secondary N) is 1. The molecule has 0 aromatic heterocycles. The molecular formula is C18H19NO2S. The van der Waals surface area contributed by atoms with Crippen molar-refractivity contribution in [1.82, 2.24) is 5.32 Å². The lowest BCUT2D eigenvalue weighted by atomic mass is 10.0. The number of ether oxygens (including phenoxy) is 1. The Bertz CT molecular complexity index is 657. The van der Waals surface area contributed by atoms with Crippen molar-refractivity contribution in [2.45, 2.75) is 24.3 Å². The molecule has 2 aromatic carbocycles. The summed E-state index contributed by atoms with van der Waals surface area (Å²) in [6, 6.07) is 15.9. The molecule has 1 aliphatic rings. The van der Waals surface area contributed by atoms with Crippen molar-refractivity contribution in [3.8, 4) is 5.75 Å². The number of thioether (sulfide) groups is 1. The van der Waals surface area contributed by atoms with Crippen LogP contribution in [0.25, 0.3) is 0 Å². The summed E-state index contributed by atoms with van der Waals surface area (Å²) in [5.74, 6) is 1.67. The van der Waals surface area contributed by atoms with Crippen LogP contribution >= 0.6 is 11.8 Å². The number of aryl methyl sites for hydroxylation is 1. The second-order valence-corrected chi connectivity index (χ2v) is 6.54. The van der Waals surface area contributed by atoms with Crippen LogP contribution in [-0.4, -0.2) is 18.3 Å².